The summed E-state index contributed by atoms with van der Waals surface area (Å²) >= 11 is 0. The standard InChI is InChI=1S/C16H19N3O3/c17-12(15(20)19-7-3-6-14(19)16(21)22)8-10-9-18-13-5-2-1-4-11(10)13/h1-2,4-5,9,12,14,18H,3,6-8,17H2,(H,21,22)/t12-,14+/m1/s1. The Labute approximate surface area is 127 Å². The van der Waals surface area contributed by atoms with Crippen molar-refractivity contribution in [3.8, 4) is 0 Å². The molecule has 1 aliphatic heterocycles. The van der Waals surface area contributed by atoms with Gasteiger partial charge >= 0.3 is 5.97 Å². The van der Waals surface area contributed by atoms with Crippen LogP contribution in [0.3, 0.4) is 0 Å². The molecule has 1 fully saturated rings. The second kappa shape index (κ2) is 5.81. The van der Waals surface area contributed by atoms with Gasteiger partial charge in [0.15, 0.2) is 0 Å². The van der Waals surface area contributed by atoms with Gasteiger partial charge in [0.2, 0.25) is 5.91 Å². The molecule has 116 valence electrons. The van der Waals surface area contributed by atoms with Gasteiger partial charge in [-0.3, -0.25) is 4.79 Å². The highest BCUT2D eigenvalue weighted by Crippen LogP contribution is 2.22. The highest BCUT2D eigenvalue weighted by Gasteiger charge is 2.36. The number of fused-ring (bicyclic) bond motifs is 1. The van der Waals surface area contributed by atoms with Crippen LogP contribution in [0.5, 0.6) is 0 Å². The predicted molar refractivity (Wildman–Crippen MR) is 82.3 cm³/mol. The van der Waals surface area contributed by atoms with E-state index in [0.29, 0.717) is 25.8 Å². The summed E-state index contributed by atoms with van der Waals surface area (Å²) < 4.78 is 0. The van der Waals surface area contributed by atoms with Crippen molar-refractivity contribution >= 4 is 22.8 Å². The van der Waals surface area contributed by atoms with Crippen LogP contribution in [0.2, 0.25) is 0 Å². The number of nitrogens with one attached hydrogen (secondary N) is 1. The van der Waals surface area contributed by atoms with E-state index >= 15 is 0 Å². The number of aromatic amines is 1. The monoisotopic (exact) mass is 301 g/mol. The maximum absolute atomic E-state index is 12.4. The molecule has 2 atom stereocenters. The summed E-state index contributed by atoms with van der Waals surface area (Å²) in [4.78, 5) is 28.2. The fourth-order valence-corrected chi connectivity index (χ4v) is 3.12. The van der Waals surface area contributed by atoms with Crippen molar-refractivity contribution < 1.29 is 14.7 Å². The van der Waals surface area contributed by atoms with Gasteiger partial charge in [-0.25, -0.2) is 4.79 Å². The lowest BCUT2D eigenvalue weighted by molar-refractivity contribution is -0.148. The number of nitrogens with zero attached hydrogens (tertiary/aromatic N) is 1. The smallest absolute Gasteiger partial charge is 0.326 e. The fraction of sp³-hybridized carbons (Fsp3) is 0.375. The van der Waals surface area contributed by atoms with Crippen LogP contribution in [-0.4, -0.2) is 45.5 Å². The van der Waals surface area contributed by atoms with Crippen molar-refractivity contribution in [3.05, 3.63) is 36.0 Å². The lowest BCUT2D eigenvalue weighted by Crippen LogP contribution is -2.49. The number of carboxylic acids is 1. The molecule has 0 radical (unpaired) electrons. The third-order valence-electron chi connectivity index (χ3n) is 4.25. The quantitative estimate of drug-likeness (QED) is 0.787. The molecule has 0 spiro atoms. The van der Waals surface area contributed by atoms with Crippen LogP contribution in [0.1, 0.15) is 18.4 Å². The second-order valence-electron chi connectivity index (χ2n) is 5.70. The first-order valence-electron chi connectivity index (χ1n) is 7.42. The SMILES string of the molecule is N[C@H](Cc1c[nH]c2ccccc12)C(=O)N1CCC[C@H]1C(=O)O. The van der Waals surface area contributed by atoms with Gasteiger partial charge in [-0.1, -0.05) is 18.2 Å². The minimum Gasteiger partial charge on any atom is -0.480 e. The van der Waals surface area contributed by atoms with Crippen LogP contribution in [0.4, 0.5) is 0 Å². The minimum absolute atomic E-state index is 0.282. The zero-order chi connectivity index (χ0) is 15.7. The number of aromatic nitrogens is 1. The molecule has 0 bridgehead atoms. The fourth-order valence-electron chi connectivity index (χ4n) is 3.12. The predicted octanol–water partition coefficient (Wildman–Crippen LogP) is 1.11. The van der Waals surface area contributed by atoms with Gasteiger partial charge in [-0.2, -0.15) is 0 Å². The first kappa shape index (κ1) is 14.6. The molecule has 0 saturated carbocycles. The van der Waals surface area contributed by atoms with E-state index in [9.17, 15) is 14.7 Å². The van der Waals surface area contributed by atoms with Crippen molar-refractivity contribution in [2.24, 2.45) is 5.73 Å². The van der Waals surface area contributed by atoms with Crippen molar-refractivity contribution in [2.75, 3.05) is 6.54 Å². The zero-order valence-corrected chi connectivity index (χ0v) is 12.2. The molecule has 1 amide bonds. The van der Waals surface area contributed by atoms with Crippen LogP contribution in [0, 0.1) is 0 Å². The topological polar surface area (TPSA) is 99.4 Å². The molecular weight excluding hydrogens is 282 g/mol. The molecule has 1 aromatic heterocycles. The Morgan fingerprint density at radius 2 is 2.18 bits per heavy atom. The Morgan fingerprint density at radius 1 is 1.41 bits per heavy atom. The van der Waals surface area contributed by atoms with Crippen LogP contribution in [0.15, 0.2) is 30.5 Å². The Morgan fingerprint density at radius 3 is 2.95 bits per heavy atom. The number of para-hydroxylation sites is 1. The minimum atomic E-state index is -0.954. The molecule has 1 aliphatic rings. The first-order valence-corrected chi connectivity index (χ1v) is 7.42. The molecule has 22 heavy (non-hydrogen) atoms. The number of nitrogens with two attached hydrogens (primary N) is 1. The van der Waals surface area contributed by atoms with E-state index in [0.717, 1.165) is 16.5 Å². The number of hydrogen-bond donors (Lipinski definition) is 3. The number of rotatable bonds is 4. The Balaban J connectivity index is 1.75. The largest absolute Gasteiger partial charge is 0.480 e. The van der Waals surface area contributed by atoms with Crippen molar-refractivity contribution in [1.29, 1.82) is 0 Å². The summed E-state index contributed by atoms with van der Waals surface area (Å²) in [5.74, 6) is -1.24. The summed E-state index contributed by atoms with van der Waals surface area (Å²) in [5, 5.41) is 10.2. The normalized spacial score (nSPS) is 19.5. The summed E-state index contributed by atoms with van der Waals surface area (Å²) in [6, 6.07) is 6.37. The van der Waals surface area contributed by atoms with Gasteiger partial charge < -0.3 is 20.7 Å². The third-order valence-corrected chi connectivity index (χ3v) is 4.25. The van der Waals surface area contributed by atoms with Crippen LogP contribution < -0.4 is 5.73 Å². The third kappa shape index (κ3) is 2.57. The Bertz CT molecular complexity index is 709. The molecule has 2 heterocycles. The lowest BCUT2D eigenvalue weighted by atomic mass is 10.0. The van der Waals surface area contributed by atoms with E-state index in [1.54, 1.807) is 0 Å². The first-order chi connectivity index (χ1) is 10.6. The summed E-state index contributed by atoms with van der Waals surface area (Å²) in [6.45, 7) is 0.470. The maximum atomic E-state index is 12.4. The molecule has 1 aromatic carbocycles. The van der Waals surface area contributed by atoms with E-state index < -0.39 is 18.1 Å². The highest BCUT2D eigenvalue weighted by molar-refractivity contribution is 5.89. The second-order valence-corrected chi connectivity index (χ2v) is 5.70. The number of amides is 1. The van der Waals surface area contributed by atoms with Gasteiger partial charge in [0, 0.05) is 23.6 Å². The summed E-state index contributed by atoms with van der Waals surface area (Å²) in [6.07, 6.45) is 3.46. The molecule has 2 aromatic rings. The molecule has 6 nitrogen and oxygen atoms in total. The van der Waals surface area contributed by atoms with E-state index in [4.69, 9.17) is 5.73 Å². The lowest BCUT2D eigenvalue weighted by Gasteiger charge is -2.24. The van der Waals surface area contributed by atoms with Crippen molar-refractivity contribution in [3.63, 3.8) is 0 Å². The molecule has 4 N–H and O–H groups in total. The molecule has 0 unspecified atom stereocenters. The number of aliphatic carboxylic acids is 1. The summed E-state index contributed by atoms with van der Waals surface area (Å²) in [7, 11) is 0. The molecular formula is C16H19N3O3. The van der Waals surface area contributed by atoms with Crippen molar-refractivity contribution in [1.82, 2.24) is 9.88 Å². The van der Waals surface area contributed by atoms with Crippen LogP contribution in [0.25, 0.3) is 10.9 Å². The average molecular weight is 301 g/mol. The number of benzene rings is 1. The summed E-state index contributed by atoms with van der Waals surface area (Å²) in [5.41, 5.74) is 8.02. The molecule has 0 aliphatic carbocycles. The van der Waals surface area contributed by atoms with Gasteiger partial charge in [-0.05, 0) is 30.9 Å². The van der Waals surface area contributed by atoms with Gasteiger partial charge in [0.1, 0.15) is 6.04 Å². The van der Waals surface area contributed by atoms with Crippen LogP contribution >= 0.6 is 0 Å². The highest BCUT2D eigenvalue weighted by atomic mass is 16.4. The average Bonchev–Trinajstić information content (AvgIpc) is 3.14. The zero-order valence-electron chi connectivity index (χ0n) is 12.2. The number of H-pyrrole nitrogens is 1. The number of carbonyl (C=O) groups excluding carboxylic acids is 1. The molecule has 6 heteroatoms. The number of hydrogen-bond acceptors (Lipinski definition) is 3. The van der Waals surface area contributed by atoms with E-state index in [1.165, 1.54) is 4.90 Å². The number of likely N-dealkylation sites (tertiary alicyclic amines) is 1. The number of carboxylic acid groups (broad SMARTS) is 1. The van der Waals surface area contributed by atoms with Crippen molar-refractivity contribution in [2.45, 2.75) is 31.3 Å². The number of carbonyl (C=O) groups is 2. The van der Waals surface area contributed by atoms with Gasteiger partial charge in [0.25, 0.3) is 0 Å². The van der Waals surface area contributed by atoms with Crippen LogP contribution in [-0.2, 0) is 16.0 Å². The van der Waals surface area contributed by atoms with Gasteiger partial charge in [-0.15, -0.1) is 0 Å². The Kier molecular flexibility index (Phi) is 3.85. The van der Waals surface area contributed by atoms with Gasteiger partial charge in [0.05, 0.1) is 6.04 Å². The van der Waals surface area contributed by atoms with E-state index in [1.807, 2.05) is 30.5 Å². The maximum Gasteiger partial charge on any atom is 0.326 e. The van der Waals surface area contributed by atoms with E-state index in [2.05, 4.69) is 4.98 Å². The molecule has 3 rings (SSSR count). The molecule has 1 saturated heterocycles. The van der Waals surface area contributed by atoms with E-state index in [-0.39, 0.29) is 5.91 Å². The Hall–Kier alpha value is -2.34.